The molecule has 0 unspecified atom stereocenters. The number of amides is 1. The predicted octanol–water partition coefficient (Wildman–Crippen LogP) is 4.16. The number of hydrogen-bond acceptors (Lipinski definition) is 4. The number of benzene rings is 2. The number of nitrogens with zero attached hydrogens (tertiary/aromatic N) is 2. The van der Waals surface area contributed by atoms with Gasteiger partial charge in [0, 0.05) is 39.6 Å². The first kappa shape index (κ1) is 22.8. The Morgan fingerprint density at radius 3 is 2.22 bits per heavy atom. The average Bonchev–Trinajstić information content (AvgIpc) is 2.83. The maximum Gasteiger partial charge on any atom is 0.248 e. The van der Waals surface area contributed by atoms with Crippen molar-refractivity contribution in [3.63, 3.8) is 0 Å². The zero-order valence-corrected chi connectivity index (χ0v) is 19.2. The number of ether oxygens (including phenoxy) is 2. The lowest BCUT2D eigenvalue weighted by Crippen LogP contribution is -2.43. The molecule has 0 aliphatic carbocycles. The summed E-state index contributed by atoms with van der Waals surface area (Å²) in [5.74, 6) is 1.80. The van der Waals surface area contributed by atoms with Crippen molar-refractivity contribution in [1.82, 2.24) is 9.80 Å². The standard InChI is InChI=1S/C27H36N2O3/c1-31-21-27(30)29-17-13-26(14-18-29)32-25-9-7-24(8-10-25)20-28-15-11-23(12-16-28)19-22-5-3-2-4-6-22/h2-10,23,26H,11-21H2,1H3. The van der Waals surface area contributed by atoms with E-state index >= 15 is 0 Å². The summed E-state index contributed by atoms with van der Waals surface area (Å²) in [7, 11) is 1.56. The van der Waals surface area contributed by atoms with Crippen LogP contribution in [-0.2, 0) is 22.5 Å². The second-order valence-corrected chi connectivity index (χ2v) is 9.18. The van der Waals surface area contributed by atoms with E-state index in [9.17, 15) is 4.79 Å². The second-order valence-electron chi connectivity index (χ2n) is 9.18. The summed E-state index contributed by atoms with van der Waals surface area (Å²) in [6.45, 7) is 5.01. The van der Waals surface area contributed by atoms with Crippen molar-refractivity contribution in [2.45, 2.75) is 44.8 Å². The third-order valence-corrected chi connectivity index (χ3v) is 6.77. The number of methoxy groups -OCH3 is 1. The van der Waals surface area contributed by atoms with Crippen LogP contribution in [-0.4, -0.2) is 61.7 Å². The molecule has 0 bridgehead atoms. The molecule has 2 fully saturated rings. The Morgan fingerprint density at radius 1 is 0.875 bits per heavy atom. The lowest BCUT2D eigenvalue weighted by molar-refractivity contribution is -0.136. The SMILES string of the molecule is COCC(=O)N1CCC(Oc2ccc(CN3CCC(Cc4ccccc4)CC3)cc2)CC1. The average molecular weight is 437 g/mol. The van der Waals surface area contributed by atoms with Gasteiger partial charge in [-0.3, -0.25) is 9.69 Å². The number of hydrogen-bond donors (Lipinski definition) is 0. The molecule has 5 nitrogen and oxygen atoms in total. The molecular weight excluding hydrogens is 400 g/mol. The molecule has 0 atom stereocenters. The molecule has 2 aromatic rings. The summed E-state index contributed by atoms with van der Waals surface area (Å²) < 4.78 is 11.1. The van der Waals surface area contributed by atoms with Crippen LogP contribution < -0.4 is 4.74 Å². The van der Waals surface area contributed by atoms with Gasteiger partial charge < -0.3 is 14.4 Å². The van der Waals surface area contributed by atoms with E-state index in [2.05, 4.69) is 59.5 Å². The predicted molar refractivity (Wildman–Crippen MR) is 127 cm³/mol. The number of piperidine rings is 2. The van der Waals surface area contributed by atoms with E-state index in [4.69, 9.17) is 9.47 Å². The fourth-order valence-electron chi connectivity index (χ4n) is 4.86. The summed E-state index contributed by atoms with van der Waals surface area (Å²) in [5.41, 5.74) is 2.81. The molecule has 172 valence electrons. The molecule has 2 aliphatic rings. The van der Waals surface area contributed by atoms with Crippen LogP contribution in [0, 0.1) is 5.92 Å². The van der Waals surface area contributed by atoms with Crippen molar-refractivity contribution in [3.8, 4) is 5.75 Å². The molecule has 0 spiro atoms. The minimum absolute atomic E-state index is 0.0689. The van der Waals surface area contributed by atoms with Gasteiger partial charge in [0.05, 0.1) is 0 Å². The van der Waals surface area contributed by atoms with Crippen molar-refractivity contribution >= 4 is 5.91 Å². The van der Waals surface area contributed by atoms with Gasteiger partial charge in [-0.25, -0.2) is 0 Å². The third kappa shape index (κ3) is 6.57. The van der Waals surface area contributed by atoms with Crippen molar-refractivity contribution in [2.24, 2.45) is 5.92 Å². The number of rotatable bonds is 8. The minimum atomic E-state index is 0.0689. The van der Waals surface area contributed by atoms with Gasteiger partial charge in [-0.15, -0.1) is 0 Å². The Morgan fingerprint density at radius 2 is 1.56 bits per heavy atom. The Labute approximate surface area is 192 Å². The van der Waals surface area contributed by atoms with Gasteiger partial charge in [0.25, 0.3) is 0 Å². The quantitative estimate of drug-likeness (QED) is 0.623. The minimum Gasteiger partial charge on any atom is -0.490 e. The molecule has 0 saturated carbocycles. The Hall–Kier alpha value is -2.37. The molecule has 2 heterocycles. The molecule has 0 aromatic heterocycles. The van der Waals surface area contributed by atoms with Crippen molar-refractivity contribution < 1.29 is 14.3 Å². The van der Waals surface area contributed by atoms with Crippen LogP contribution >= 0.6 is 0 Å². The molecule has 32 heavy (non-hydrogen) atoms. The molecular formula is C27H36N2O3. The number of carbonyl (C=O) groups excluding carboxylic acids is 1. The van der Waals surface area contributed by atoms with E-state index < -0.39 is 0 Å². The van der Waals surface area contributed by atoms with Crippen LogP contribution in [0.5, 0.6) is 5.75 Å². The molecule has 2 aliphatic heterocycles. The normalized spacial score (nSPS) is 18.6. The highest BCUT2D eigenvalue weighted by molar-refractivity contribution is 5.77. The van der Waals surface area contributed by atoms with Crippen LogP contribution in [0.15, 0.2) is 54.6 Å². The number of carbonyl (C=O) groups is 1. The Bertz CT molecular complexity index is 824. The monoisotopic (exact) mass is 436 g/mol. The summed E-state index contributed by atoms with van der Waals surface area (Å²) in [5, 5.41) is 0. The van der Waals surface area contributed by atoms with E-state index in [0.717, 1.165) is 44.1 Å². The highest BCUT2D eigenvalue weighted by Crippen LogP contribution is 2.24. The van der Waals surface area contributed by atoms with Crippen LogP contribution in [0.4, 0.5) is 0 Å². The van der Waals surface area contributed by atoms with Gasteiger partial charge in [0.1, 0.15) is 18.5 Å². The maximum absolute atomic E-state index is 11.9. The van der Waals surface area contributed by atoms with E-state index in [1.54, 1.807) is 7.11 Å². The van der Waals surface area contributed by atoms with Crippen LogP contribution in [0.25, 0.3) is 0 Å². The first-order chi connectivity index (χ1) is 15.7. The van der Waals surface area contributed by atoms with Gasteiger partial charge in [-0.2, -0.15) is 0 Å². The lowest BCUT2D eigenvalue weighted by Gasteiger charge is -2.32. The van der Waals surface area contributed by atoms with Gasteiger partial charge in [-0.1, -0.05) is 42.5 Å². The topological polar surface area (TPSA) is 42.0 Å². The van der Waals surface area contributed by atoms with E-state index in [1.165, 1.54) is 43.5 Å². The van der Waals surface area contributed by atoms with Crippen molar-refractivity contribution in [1.29, 1.82) is 0 Å². The first-order valence-electron chi connectivity index (χ1n) is 12.0. The van der Waals surface area contributed by atoms with Crippen LogP contribution in [0.1, 0.15) is 36.8 Å². The first-order valence-corrected chi connectivity index (χ1v) is 12.0. The van der Waals surface area contributed by atoms with E-state index in [0.29, 0.717) is 0 Å². The summed E-state index contributed by atoms with van der Waals surface area (Å²) in [6.07, 6.45) is 5.68. The fraction of sp³-hybridized carbons (Fsp3) is 0.519. The number of likely N-dealkylation sites (tertiary alicyclic amines) is 2. The van der Waals surface area contributed by atoms with Gasteiger partial charge in [0.2, 0.25) is 5.91 Å². The van der Waals surface area contributed by atoms with Crippen LogP contribution in [0.2, 0.25) is 0 Å². The van der Waals surface area contributed by atoms with Crippen LogP contribution in [0.3, 0.4) is 0 Å². The van der Waals surface area contributed by atoms with Gasteiger partial charge in [0.15, 0.2) is 0 Å². The molecule has 2 aromatic carbocycles. The summed E-state index contributed by atoms with van der Waals surface area (Å²) in [4.78, 5) is 16.4. The van der Waals surface area contributed by atoms with Crippen molar-refractivity contribution in [2.75, 3.05) is 39.9 Å². The zero-order chi connectivity index (χ0) is 22.2. The molecule has 1 amide bonds. The van der Waals surface area contributed by atoms with E-state index in [1.807, 2.05) is 4.90 Å². The fourth-order valence-corrected chi connectivity index (χ4v) is 4.86. The molecule has 2 saturated heterocycles. The molecule has 4 rings (SSSR count). The van der Waals surface area contributed by atoms with E-state index in [-0.39, 0.29) is 18.6 Å². The largest absolute Gasteiger partial charge is 0.490 e. The smallest absolute Gasteiger partial charge is 0.248 e. The van der Waals surface area contributed by atoms with Crippen molar-refractivity contribution in [3.05, 3.63) is 65.7 Å². The Balaban J connectivity index is 1.17. The Kier molecular flexibility index (Phi) is 8.18. The summed E-state index contributed by atoms with van der Waals surface area (Å²) >= 11 is 0. The summed E-state index contributed by atoms with van der Waals surface area (Å²) in [6, 6.07) is 19.5. The van der Waals surface area contributed by atoms with Gasteiger partial charge >= 0.3 is 0 Å². The molecule has 0 radical (unpaired) electrons. The second kappa shape index (κ2) is 11.5. The maximum atomic E-state index is 11.9. The lowest BCUT2D eigenvalue weighted by atomic mass is 9.90. The highest BCUT2D eigenvalue weighted by atomic mass is 16.5. The molecule has 0 N–H and O–H groups in total. The van der Waals surface area contributed by atoms with Gasteiger partial charge in [-0.05, 0) is 61.5 Å². The molecule has 5 heteroatoms. The third-order valence-electron chi connectivity index (χ3n) is 6.77. The zero-order valence-electron chi connectivity index (χ0n) is 19.2. The highest BCUT2D eigenvalue weighted by Gasteiger charge is 2.24.